The minimum atomic E-state index is -0.346. The van der Waals surface area contributed by atoms with Gasteiger partial charge < -0.3 is 9.30 Å². The third-order valence-electron chi connectivity index (χ3n) is 3.22. The van der Waals surface area contributed by atoms with E-state index in [0.717, 1.165) is 12.8 Å². The largest absolute Gasteiger partial charge is 0.385 e. The number of methoxy groups -OCH3 is 1. The third-order valence-corrected chi connectivity index (χ3v) is 3.22. The number of aromatic nitrogens is 1. The van der Waals surface area contributed by atoms with Crippen LogP contribution in [0.1, 0.15) is 18.4 Å². The van der Waals surface area contributed by atoms with Gasteiger partial charge in [0.2, 0.25) is 0 Å². The minimum absolute atomic E-state index is 0.0948. The number of ether oxygens (including phenoxy) is 1. The van der Waals surface area contributed by atoms with Crippen molar-refractivity contribution < 1.29 is 9.13 Å². The van der Waals surface area contributed by atoms with E-state index in [4.69, 9.17) is 4.74 Å². The Bertz CT molecular complexity index is 634. The lowest BCUT2D eigenvalue weighted by Gasteiger charge is -2.12. The number of fused-ring (bicyclic) bond motifs is 1. The molecule has 0 amide bonds. The van der Waals surface area contributed by atoms with Gasteiger partial charge in [-0.2, -0.15) is 0 Å². The summed E-state index contributed by atoms with van der Waals surface area (Å²) in [5.41, 5.74) is 0.947. The van der Waals surface area contributed by atoms with Gasteiger partial charge in [-0.15, -0.1) is 0 Å². The summed E-state index contributed by atoms with van der Waals surface area (Å²) in [4.78, 5) is 12.0. The number of hydrogen-bond acceptors (Lipinski definition) is 2. The van der Waals surface area contributed by atoms with Crippen molar-refractivity contribution >= 4 is 10.9 Å². The van der Waals surface area contributed by atoms with Crippen LogP contribution in [0.5, 0.6) is 0 Å². The molecule has 0 saturated heterocycles. The maximum atomic E-state index is 13.9. The summed E-state index contributed by atoms with van der Waals surface area (Å²) in [6.07, 6.45) is 3.54. The Labute approximate surface area is 111 Å². The molecule has 0 aliphatic heterocycles. The average Bonchev–Trinajstić information content (AvgIpc) is 2.40. The summed E-state index contributed by atoms with van der Waals surface area (Å²) in [7, 11) is 1.67. The van der Waals surface area contributed by atoms with Crippen LogP contribution in [-0.2, 0) is 11.3 Å². The van der Waals surface area contributed by atoms with E-state index < -0.39 is 0 Å². The molecule has 0 atom stereocenters. The third kappa shape index (κ3) is 2.84. The molecule has 4 heteroatoms. The highest BCUT2D eigenvalue weighted by molar-refractivity contribution is 5.80. The lowest BCUT2D eigenvalue weighted by molar-refractivity contribution is 0.191. The van der Waals surface area contributed by atoms with Crippen molar-refractivity contribution in [1.82, 2.24) is 4.57 Å². The van der Waals surface area contributed by atoms with Gasteiger partial charge in [0.05, 0.1) is 5.52 Å². The first-order chi connectivity index (χ1) is 9.15. The molecule has 1 heterocycles. The lowest BCUT2D eigenvalue weighted by Crippen LogP contribution is -2.13. The molecule has 0 spiro atoms. The second-order valence-electron chi connectivity index (χ2n) is 4.67. The summed E-state index contributed by atoms with van der Waals surface area (Å²) in [5.74, 6) is -0.346. The number of nitrogens with zero attached hydrogens (tertiary/aromatic N) is 1. The number of unbranched alkanes of at least 4 members (excludes halogenated alkanes) is 1. The molecule has 0 bridgehead atoms. The number of benzene rings is 1. The molecular formula is C15H18FNO2. The number of halogens is 1. The number of pyridine rings is 1. The van der Waals surface area contributed by atoms with Crippen molar-refractivity contribution in [1.29, 1.82) is 0 Å². The fraction of sp³-hybridized carbons (Fsp3) is 0.400. The van der Waals surface area contributed by atoms with Crippen LogP contribution < -0.4 is 5.43 Å². The zero-order valence-electron chi connectivity index (χ0n) is 11.3. The molecule has 1 aromatic carbocycles. The van der Waals surface area contributed by atoms with E-state index in [9.17, 15) is 9.18 Å². The van der Waals surface area contributed by atoms with Crippen LogP contribution in [0.25, 0.3) is 10.9 Å². The maximum absolute atomic E-state index is 13.9. The fourth-order valence-electron chi connectivity index (χ4n) is 2.26. The van der Waals surface area contributed by atoms with E-state index >= 15 is 0 Å². The Morgan fingerprint density at radius 1 is 1.32 bits per heavy atom. The van der Waals surface area contributed by atoms with E-state index in [2.05, 4.69) is 0 Å². The minimum Gasteiger partial charge on any atom is -0.385 e. The van der Waals surface area contributed by atoms with Gasteiger partial charge >= 0.3 is 0 Å². The first-order valence-corrected chi connectivity index (χ1v) is 6.42. The van der Waals surface area contributed by atoms with E-state index in [1.165, 1.54) is 6.07 Å². The standard InChI is InChI=1S/C15H18FNO2/c1-11-10-17(8-3-4-9-19-2)14-12(15(11)18)6-5-7-13(14)16/h5-7,10H,3-4,8-9H2,1-2H3. The molecule has 2 aromatic rings. The highest BCUT2D eigenvalue weighted by Gasteiger charge is 2.09. The van der Waals surface area contributed by atoms with E-state index in [1.54, 1.807) is 32.4 Å². The molecule has 0 aliphatic carbocycles. The van der Waals surface area contributed by atoms with Gasteiger partial charge in [0.15, 0.2) is 5.43 Å². The predicted octanol–water partition coefficient (Wildman–Crippen LogP) is 2.88. The van der Waals surface area contributed by atoms with Crippen molar-refractivity contribution in [3.8, 4) is 0 Å². The summed E-state index contributed by atoms with van der Waals surface area (Å²) in [5, 5.41) is 0.451. The summed E-state index contributed by atoms with van der Waals surface area (Å²) in [6, 6.07) is 4.65. The normalized spacial score (nSPS) is 11.1. The average molecular weight is 263 g/mol. The molecule has 0 radical (unpaired) electrons. The van der Waals surface area contributed by atoms with Crippen LogP contribution >= 0.6 is 0 Å². The Kier molecular flexibility index (Phi) is 4.32. The monoisotopic (exact) mass is 263 g/mol. The second-order valence-corrected chi connectivity index (χ2v) is 4.67. The second kappa shape index (κ2) is 5.97. The summed E-state index contributed by atoms with van der Waals surface area (Å²) in [6.45, 7) is 3.14. The van der Waals surface area contributed by atoms with Gasteiger partial charge in [-0.25, -0.2) is 4.39 Å². The van der Waals surface area contributed by atoms with Crippen molar-refractivity contribution in [2.75, 3.05) is 13.7 Å². The zero-order valence-corrected chi connectivity index (χ0v) is 11.3. The molecule has 3 nitrogen and oxygen atoms in total. The SMILES string of the molecule is COCCCCn1cc(C)c(=O)c2cccc(F)c21. The Morgan fingerprint density at radius 2 is 2.11 bits per heavy atom. The molecule has 0 aliphatic rings. The Balaban J connectivity index is 2.42. The molecule has 1 aromatic heterocycles. The molecular weight excluding hydrogens is 245 g/mol. The summed E-state index contributed by atoms with van der Waals surface area (Å²) < 4.78 is 20.8. The molecule has 0 fully saturated rings. The Hall–Kier alpha value is -1.68. The van der Waals surface area contributed by atoms with Crippen LogP contribution in [0, 0.1) is 12.7 Å². The van der Waals surface area contributed by atoms with Gasteiger partial charge in [-0.1, -0.05) is 6.07 Å². The number of hydrogen-bond donors (Lipinski definition) is 0. The first-order valence-electron chi connectivity index (χ1n) is 6.42. The molecule has 19 heavy (non-hydrogen) atoms. The van der Waals surface area contributed by atoms with Crippen LogP contribution in [0.4, 0.5) is 4.39 Å². The molecule has 0 saturated carbocycles. The lowest BCUT2D eigenvalue weighted by atomic mass is 10.1. The van der Waals surface area contributed by atoms with Crippen LogP contribution in [0.3, 0.4) is 0 Å². The quantitative estimate of drug-likeness (QED) is 0.777. The van der Waals surface area contributed by atoms with Crippen LogP contribution in [-0.4, -0.2) is 18.3 Å². The van der Waals surface area contributed by atoms with E-state index in [-0.39, 0.29) is 11.2 Å². The highest BCUT2D eigenvalue weighted by Crippen LogP contribution is 2.16. The molecule has 0 N–H and O–H groups in total. The summed E-state index contributed by atoms with van der Waals surface area (Å²) >= 11 is 0. The maximum Gasteiger partial charge on any atom is 0.192 e. The molecule has 2 rings (SSSR count). The van der Waals surface area contributed by atoms with Crippen LogP contribution in [0.15, 0.2) is 29.2 Å². The molecule has 0 unspecified atom stereocenters. The van der Waals surface area contributed by atoms with E-state index in [0.29, 0.717) is 29.6 Å². The van der Waals surface area contributed by atoms with Crippen LogP contribution in [0.2, 0.25) is 0 Å². The van der Waals surface area contributed by atoms with Gasteiger partial charge in [0.1, 0.15) is 5.82 Å². The van der Waals surface area contributed by atoms with Crippen molar-refractivity contribution in [3.63, 3.8) is 0 Å². The van der Waals surface area contributed by atoms with Gasteiger partial charge in [0.25, 0.3) is 0 Å². The van der Waals surface area contributed by atoms with Crippen molar-refractivity contribution in [2.24, 2.45) is 0 Å². The number of rotatable bonds is 5. The highest BCUT2D eigenvalue weighted by atomic mass is 19.1. The van der Waals surface area contributed by atoms with Gasteiger partial charge in [-0.3, -0.25) is 4.79 Å². The van der Waals surface area contributed by atoms with E-state index in [1.807, 2.05) is 4.57 Å². The van der Waals surface area contributed by atoms with Crippen molar-refractivity contribution in [2.45, 2.75) is 26.3 Å². The Morgan fingerprint density at radius 3 is 2.84 bits per heavy atom. The molecule has 102 valence electrons. The predicted molar refractivity (Wildman–Crippen MR) is 74.0 cm³/mol. The smallest absolute Gasteiger partial charge is 0.192 e. The van der Waals surface area contributed by atoms with Gasteiger partial charge in [0, 0.05) is 37.4 Å². The number of aryl methyl sites for hydroxylation is 2. The topological polar surface area (TPSA) is 31.2 Å². The van der Waals surface area contributed by atoms with Crippen molar-refractivity contribution in [3.05, 3.63) is 46.0 Å². The number of para-hydroxylation sites is 1. The fourth-order valence-corrected chi connectivity index (χ4v) is 2.26. The first kappa shape index (κ1) is 13.7. The zero-order chi connectivity index (χ0) is 13.8. The van der Waals surface area contributed by atoms with Gasteiger partial charge in [-0.05, 0) is 31.9 Å².